The Morgan fingerprint density at radius 3 is 2.44 bits per heavy atom. The quantitative estimate of drug-likeness (QED) is 0.322. The highest BCUT2D eigenvalue weighted by Gasteiger charge is 2.15. The zero-order valence-corrected chi connectivity index (χ0v) is 19.3. The molecule has 4 rings (SSSR count). The topological polar surface area (TPSA) is 160 Å². The summed E-state index contributed by atoms with van der Waals surface area (Å²) in [6.07, 6.45) is 3.14. The zero-order chi connectivity index (χ0) is 24.7. The summed E-state index contributed by atoms with van der Waals surface area (Å²) in [5.74, 6) is 0.390. The van der Waals surface area contributed by atoms with Crippen molar-refractivity contribution in [3.05, 3.63) is 71.9 Å². The first-order chi connectivity index (χ1) is 16.2. The predicted molar refractivity (Wildman–Crippen MR) is 127 cm³/mol. The normalized spacial score (nSPS) is 10.9. The number of aryl methyl sites for hydroxylation is 1. The van der Waals surface area contributed by atoms with Crippen molar-refractivity contribution in [1.29, 1.82) is 0 Å². The van der Waals surface area contributed by atoms with Gasteiger partial charge in [-0.15, -0.1) is 0 Å². The maximum absolute atomic E-state index is 13.9. The molecule has 0 radical (unpaired) electrons. The second kappa shape index (κ2) is 10.8. The van der Waals surface area contributed by atoms with Crippen molar-refractivity contribution in [3.8, 4) is 11.4 Å². The molecule has 0 amide bonds. The molecule has 0 aliphatic rings. The first-order valence-electron chi connectivity index (χ1n) is 10.1. The fourth-order valence-electron chi connectivity index (χ4n) is 2.87. The fraction of sp³-hybridized carbons (Fsp3) is 0.182. The molecule has 0 saturated carbocycles. The number of aliphatic hydroxyl groups excluding tert-OH is 1. The van der Waals surface area contributed by atoms with Gasteiger partial charge in [0.1, 0.15) is 22.4 Å². The van der Waals surface area contributed by atoms with Crippen molar-refractivity contribution in [2.75, 3.05) is 23.9 Å². The minimum Gasteiger partial charge on any atom is -0.396 e. The Morgan fingerprint density at radius 1 is 1.15 bits per heavy atom. The average molecular weight is 486 g/mol. The van der Waals surface area contributed by atoms with E-state index in [0.29, 0.717) is 17.2 Å². The molecule has 2 heterocycles. The predicted octanol–water partition coefficient (Wildman–Crippen LogP) is 2.66. The number of nitrogens with two attached hydrogens (primary N) is 1. The smallest absolute Gasteiger partial charge is 0.229 e. The Balaban J connectivity index is 0.000000302. The molecule has 5 N–H and O–H groups in total. The summed E-state index contributed by atoms with van der Waals surface area (Å²) in [6, 6.07) is 13.6. The third-order valence-electron chi connectivity index (χ3n) is 4.49. The van der Waals surface area contributed by atoms with Crippen LogP contribution >= 0.6 is 0 Å². The minimum atomic E-state index is -3.63. The Hall–Kier alpha value is -3.90. The molecule has 4 aromatic rings. The number of aliphatic hydroxyl groups is 1. The molecule has 0 saturated heterocycles. The molecular weight excluding hydrogens is 461 g/mol. The first-order valence-corrected chi connectivity index (χ1v) is 12.0. The van der Waals surface area contributed by atoms with E-state index in [2.05, 4.69) is 30.5 Å². The van der Waals surface area contributed by atoms with Crippen LogP contribution in [0.5, 0.6) is 0 Å². The summed E-state index contributed by atoms with van der Waals surface area (Å²) >= 11 is 0. The number of nitrogens with zero attached hydrogens (tertiary/aromatic N) is 4. The molecule has 2 aromatic heterocycles. The summed E-state index contributed by atoms with van der Waals surface area (Å²) in [5.41, 5.74) is 7.82. The Morgan fingerprint density at radius 2 is 1.88 bits per heavy atom. The molecule has 178 valence electrons. The molecular formula is C22H24FN7O3S. The van der Waals surface area contributed by atoms with Crippen LogP contribution in [0.25, 0.3) is 11.4 Å². The van der Waals surface area contributed by atoms with Gasteiger partial charge in [0.15, 0.2) is 15.7 Å². The largest absolute Gasteiger partial charge is 0.396 e. The average Bonchev–Trinajstić information content (AvgIpc) is 3.20. The van der Waals surface area contributed by atoms with Gasteiger partial charge in [-0.05, 0) is 37.1 Å². The van der Waals surface area contributed by atoms with Crippen molar-refractivity contribution in [3.63, 3.8) is 0 Å². The lowest BCUT2D eigenvalue weighted by molar-refractivity contribution is 0.299. The Bertz CT molecular complexity index is 1360. The molecule has 2 aromatic carbocycles. The van der Waals surface area contributed by atoms with Gasteiger partial charge in [-0.25, -0.2) is 22.8 Å². The number of hydrogen-bond acceptors (Lipinski definition) is 9. The SMILES string of the molecule is Cc1nc(-c2cnc(Nc3ccc(S(C)(=O)=O)c(F)c3)nc2N)n[nH]1.OCCc1ccccc1. The van der Waals surface area contributed by atoms with E-state index in [1.165, 1.54) is 23.9 Å². The van der Waals surface area contributed by atoms with E-state index in [0.717, 1.165) is 18.7 Å². The summed E-state index contributed by atoms with van der Waals surface area (Å²) < 4.78 is 36.8. The molecule has 12 heteroatoms. The Kier molecular flexibility index (Phi) is 7.87. The van der Waals surface area contributed by atoms with Crippen molar-refractivity contribution in [2.45, 2.75) is 18.2 Å². The molecule has 0 spiro atoms. The lowest BCUT2D eigenvalue weighted by Gasteiger charge is -2.08. The first kappa shape index (κ1) is 24.7. The summed E-state index contributed by atoms with van der Waals surface area (Å²) in [7, 11) is -3.63. The van der Waals surface area contributed by atoms with Crippen molar-refractivity contribution < 1.29 is 17.9 Å². The van der Waals surface area contributed by atoms with E-state index in [-0.39, 0.29) is 29.0 Å². The number of nitrogens with one attached hydrogen (secondary N) is 2. The van der Waals surface area contributed by atoms with Gasteiger partial charge < -0.3 is 16.2 Å². The number of hydrogen-bond donors (Lipinski definition) is 4. The number of anilines is 3. The fourth-order valence-corrected chi connectivity index (χ4v) is 3.60. The van der Waals surface area contributed by atoms with Crippen LogP contribution in [-0.2, 0) is 16.3 Å². The lowest BCUT2D eigenvalue weighted by Crippen LogP contribution is -2.04. The summed E-state index contributed by atoms with van der Waals surface area (Å²) in [6.45, 7) is 1.99. The van der Waals surface area contributed by atoms with Gasteiger partial charge in [-0.1, -0.05) is 30.3 Å². The molecule has 0 fully saturated rings. The van der Waals surface area contributed by atoms with Crippen LogP contribution in [0.3, 0.4) is 0 Å². The van der Waals surface area contributed by atoms with Crippen LogP contribution in [0.4, 0.5) is 21.8 Å². The summed E-state index contributed by atoms with van der Waals surface area (Å²) in [4.78, 5) is 11.9. The second-order valence-electron chi connectivity index (χ2n) is 7.24. The van der Waals surface area contributed by atoms with Crippen LogP contribution in [0.1, 0.15) is 11.4 Å². The maximum Gasteiger partial charge on any atom is 0.229 e. The number of benzene rings is 2. The minimum absolute atomic E-state index is 0.125. The second-order valence-corrected chi connectivity index (χ2v) is 9.22. The van der Waals surface area contributed by atoms with Crippen LogP contribution in [-0.4, -0.2) is 51.5 Å². The third kappa shape index (κ3) is 6.56. The van der Waals surface area contributed by atoms with Gasteiger partial charge in [0.25, 0.3) is 0 Å². The van der Waals surface area contributed by atoms with Gasteiger partial charge in [0.05, 0.1) is 5.56 Å². The monoisotopic (exact) mass is 485 g/mol. The van der Waals surface area contributed by atoms with E-state index >= 15 is 0 Å². The number of sulfone groups is 1. The molecule has 0 aliphatic heterocycles. The van der Waals surface area contributed by atoms with Gasteiger partial charge in [0.2, 0.25) is 5.95 Å². The molecule has 0 bridgehead atoms. The molecule has 10 nitrogen and oxygen atoms in total. The van der Waals surface area contributed by atoms with Gasteiger partial charge in [-0.2, -0.15) is 10.1 Å². The van der Waals surface area contributed by atoms with E-state index in [1.807, 2.05) is 30.3 Å². The number of rotatable bonds is 6. The molecule has 0 atom stereocenters. The molecule has 0 unspecified atom stereocenters. The van der Waals surface area contributed by atoms with Crippen LogP contribution in [0.15, 0.2) is 59.6 Å². The van der Waals surface area contributed by atoms with Crippen molar-refractivity contribution >= 4 is 27.3 Å². The molecule has 0 aliphatic carbocycles. The van der Waals surface area contributed by atoms with E-state index in [1.54, 1.807) is 6.92 Å². The summed E-state index contributed by atoms with van der Waals surface area (Å²) in [5, 5.41) is 18.0. The van der Waals surface area contributed by atoms with Crippen molar-refractivity contribution in [2.24, 2.45) is 0 Å². The third-order valence-corrected chi connectivity index (χ3v) is 5.62. The highest BCUT2D eigenvalue weighted by Crippen LogP contribution is 2.24. The number of nitrogen functional groups attached to an aromatic ring is 1. The highest BCUT2D eigenvalue weighted by atomic mass is 32.2. The van der Waals surface area contributed by atoms with Crippen LogP contribution in [0.2, 0.25) is 0 Å². The van der Waals surface area contributed by atoms with Crippen molar-refractivity contribution in [1.82, 2.24) is 25.1 Å². The van der Waals surface area contributed by atoms with Gasteiger partial charge in [-0.3, -0.25) is 5.10 Å². The number of halogens is 1. The standard InChI is InChI=1S/C14H14FN7O2S.C8H10O/c1-7-18-13(22-21-7)9-6-17-14(20-12(9)16)19-8-3-4-11(10(15)5-8)25(2,23)24;9-7-6-8-4-2-1-3-5-8/h3-6H,1-2H3,(H,18,21,22)(H3,16,17,19,20);1-5,9H,6-7H2. The highest BCUT2D eigenvalue weighted by molar-refractivity contribution is 7.90. The van der Waals surface area contributed by atoms with E-state index in [9.17, 15) is 12.8 Å². The lowest BCUT2D eigenvalue weighted by atomic mass is 10.2. The van der Waals surface area contributed by atoms with Gasteiger partial charge in [0, 0.05) is 24.7 Å². The number of aromatic nitrogens is 5. The van der Waals surface area contributed by atoms with Crippen LogP contribution < -0.4 is 11.1 Å². The van der Waals surface area contributed by atoms with E-state index in [4.69, 9.17) is 10.8 Å². The van der Waals surface area contributed by atoms with E-state index < -0.39 is 15.7 Å². The molecule has 34 heavy (non-hydrogen) atoms. The maximum atomic E-state index is 13.9. The Labute approximate surface area is 196 Å². The number of aromatic amines is 1. The van der Waals surface area contributed by atoms with Gasteiger partial charge >= 0.3 is 0 Å². The number of H-pyrrole nitrogens is 1. The zero-order valence-electron chi connectivity index (χ0n) is 18.5. The van der Waals surface area contributed by atoms with Crippen LogP contribution in [0, 0.1) is 12.7 Å².